The topological polar surface area (TPSA) is 89.6 Å². The summed E-state index contributed by atoms with van der Waals surface area (Å²) in [6.45, 7) is 4.06. The Balaban J connectivity index is 0.00000225. The number of rotatable bonds is 2. The number of halogens is 2. The molecule has 5 nitrogen and oxygen atoms in total. The molecule has 1 aromatic carbocycles. The van der Waals surface area contributed by atoms with E-state index in [1.54, 1.807) is 0 Å². The van der Waals surface area contributed by atoms with Gasteiger partial charge in [-0.05, 0) is 55.9 Å². The van der Waals surface area contributed by atoms with Gasteiger partial charge >= 0.3 is 0 Å². The lowest BCUT2D eigenvalue weighted by molar-refractivity contribution is 0.675. The summed E-state index contributed by atoms with van der Waals surface area (Å²) in [6, 6.07) is 9.95. The SMILES string of the molecule is Cc1cc(C)c2c(n1)CC(c1ccccc1Cl)C/C2=N/N=C(N)N.Cl. The highest BCUT2D eigenvalue weighted by molar-refractivity contribution is 6.31. The molecule has 1 aliphatic carbocycles. The fourth-order valence-electron chi connectivity index (χ4n) is 3.33. The molecule has 4 N–H and O–H groups in total. The molecule has 1 heterocycles. The maximum Gasteiger partial charge on any atom is 0.211 e. The first kappa shape index (κ1) is 19.2. The van der Waals surface area contributed by atoms with Crippen LogP contribution in [0.5, 0.6) is 0 Å². The number of fused-ring (bicyclic) bond motifs is 1. The summed E-state index contributed by atoms with van der Waals surface area (Å²) >= 11 is 6.39. The largest absolute Gasteiger partial charge is 0.369 e. The molecule has 132 valence electrons. The molecule has 0 bridgehead atoms. The van der Waals surface area contributed by atoms with E-state index in [9.17, 15) is 0 Å². The van der Waals surface area contributed by atoms with Crippen molar-refractivity contribution in [1.29, 1.82) is 0 Å². The van der Waals surface area contributed by atoms with Gasteiger partial charge in [-0.25, -0.2) is 0 Å². The van der Waals surface area contributed by atoms with Gasteiger partial charge in [-0.1, -0.05) is 29.8 Å². The van der Waals surface area contributed by atoms with E-state index >= 15 is 0 Å². The molecular formula is C18H21Cl2N5. The van der Waals surface area contributed by atoms with Crippen molar-refractivity contribution in [2.75, 3.05) is 0 Å². The maximum absolute atomic E-state index is 6.39. The number of aryl methyl sites for hydroxylation is 2. The molecule has 3 rings (SSSR count). The first-order chi connectivity index (χ1) is 11.5. The minimum absolute atomic E-state index is 0. The van der Waals surface area contributed by atoms with Gasteiger partial charge in [-0.15, -0.1) is 17.5 Å². The monoisotopic (exact) mass is 377 g/mol. The van der Waals surface area contributed by atoms with Gasteiger partial charge in [0.15, 0.2) is 0 Å². The van der Waals surface area contributed by atoms with Gasteiger partial charge in [0.1, 0.15) is 0 Å². The second kappa shape index (κ2) is 7.85. The number of benzene rings is 1. The van der Waals surface area contributed by atoms with Crippen LogP contribution in [0, 0.1) is 13.8 Å². The Morgan fingerprint density at radius 1 is 1.20 bits per heavy atom. The average Bonchev–Trinajstić information content (AvgIpc) is 2.52. The van der Waals surface area contributed by atoms with Crippen molar-refractivity contribution in [1.82, 2.24) is 4.98 Å². The van der Waals surface area contributed by atoms with Gasteiger partial charge in [0, 0.05) is 16.3 Å². The molecule has 2 aromatic rings. The van der Waals surface area contributed by atoms with Crippen LogP contribution >= 0.6 is 24.0 Å². The number of nitrogens with two attached hydrogens (primary N) is 2. The summed E-state index contributed by atoms with van der Waals surface area (Å²) in [5.41, 5.74) is 17.0. The summed E-state index contributed by atoms with van der Waals surface area (Å²) < 4.78 is 0. The molecular weight excluding hydrogens is 357 g/mol. The summed E-state index contributed by atoms with van der Waals surface area (Å²) in [6.07, 6.45) is 1.54. The predicted octanol–water partition coefficient (Wildman–Crippen LogP) is 3.48. The number of hydrogen-bond donors (Lipinski definition) is 2. The zero-order valence-corrected chi connectivity index (χ0v) is 15.7. The lowest BCUT2D eigenvalue weighted by Crippen LogP contribution is -2.24. The fourth-order valence-corrected chi connectivity index (χ4v) is 3.62. The number of pyridine rings is 1. The third-order valence-electron chi connectivity index (χ3n) is 4.22. The van der Waals surface area contributed by atoms with Crippen LogP contribution in [-0.2, 0) is 6.42 Å². The summed E-state index contributed by atoms with van der Waals surface area (Å²) in [7, 11) is 0. The zero-order chi connectivity index (χ0) is 17.3. The normalized spacial score (nSPS) is 17.6. The Morgan fingerprint density at radius 2 is 1.92 bits per heavy atom. The molecule has 0 spiro atoms. The van der Waals surface area contributed by atoms with E-state index in [-0.39, 0.29) is 24.3 Å². The van der Waals surface area contributed by atoms with Crippen LogP contribution in [0.3, 0.4) is 0 Å². The highest BCUT2D eigenvalue weighted by Crippen LogP contribution is 2.36. The van der Waals surface area contributed by atoms with E-state index in [0.29, 0.717) is 0 Å². The Morgan fingerprint density at radius 3 is 2.60 bits per heavy atom. The first-order valence-electron chi connectivity index (χ1n) is 7.83. The highest BCUT2D eigenvalue weighted by atomic mass is 35.5. The Kier molecular flexibility index (Phi) is 6.03. The number of nitrogens with zero attached hydrogens (tertiary/aromatic N) is 3. The minimum atomic E-state index is -0.0540. The van der Waals surface area contributed by atoms with E-state index < -0.39 is 0 Å². The van der Waals surface area contributed by atoms with Crippen molar-refractivity contribution >= 4 is 35.7 Å². The molecule has 25 heavy (non-hydrogen) atoms. The van der Waals surface area contributed by atoms with Crippen LogP contribution in [0.15, 0.2) is 40.5 Å². The summed E-state index contributed by atoms with van der Waals surface area (Å²) in [4.78, 5) is 4.72. The molecule has 0 fully saturated rings. The number of hydrogen-bond acceptors (Lipinski definition) is 3. The molecule has 0 aliphatic heterocycles. The van der Waals surface area contributed by atoms with Crippen molar-refractivity contribution in [3.63, 3.8) is 0 Å². The van der Waals surface area contributed by atoms with Crippen LogP contribution in [0.2, 0.25) is 5.02 Å². The zero-order valence-electron chi connectivity index (χ0n) is 14.2. The molecule has 0 radical (unpaired) electrons. The Hall–Kier alpha value is -2.11. The molecule has 1 unspecified atom stereocenters. The van der Waals surface area contributed by atoms with E-state index in [1.807, 2.05) is 25.1 Å². The van der Waals surface area contributed by atoms with Crippen molar-refractivity contribution in [3.05, 3.63) is 63.4 Å². The fraction of sp³-hybridized carbons (Fsp3) is 0.278. The molecule has 1 atom stereocenters. The van der Waals surface area contributed by atoms with Crippen LogP contribution < -0.4 is 11.5 Å². The summed E-state index contributed by atoms with van der Waals surface area (Å²) in [5, 5.41) is 8.91. The second-order valence-corrected chi connectivity index (χ2v) is 6.51. The van der Waals surface area contributed by atoms with Gasteiger partial charge in [-0.2, -0.15) is 5.10 Å². The average molecular weight is 378 g/mol. The molecule has 1 aliphatic rings. The van der Waals surface area contributed by atoms with Gasteiger partial charge in [0.25, 0.3) is 0 Å². The first-order valence-corrected chi connectivity index (χ1v) is 8.21. The molecule has 0 saturated carbocycles. The van der Waals surface area contributed by atoms with Crippen molar-refractivity contribution in [3.8, 4) is 0 Å². The van der Waals surface area contributed by atoms with Crippen molar-refractivity contribution in [2.24, 2.45) is 21.7 Å². The predicted molar refractivity (Wildman–Crippen MR) is 106 cm³/mol. The highest BCUT2D eigenvalue weighted by Gasteiger charge is 2.28. The summed E-state index contributed by atoms with van der Waals surface area (Å²) in [5.74, 6) is 0.148. The second-order valence-electron chi connectivity index (χ2n) is 6.10. The molecule has 0 saturated heterocycles. The van der Waals surface area contributed by atoms with E-state index in [1.165, 1.54) is 0 Å². The third kappa shape index (κ3) is 4.11. The van der Waals surface area contributed by atoms with Crippen molar-refractivity contribution in [2.45, 2.75) is 32.6 Å². The van der Waals surface area contributed by atoms with Gasteiger partial charge < -0.3 is 11.5 Å². The lowest BCUT2D eigenvalue weighted by atomic mass is 9.80. The van der Waals surface area contributed by atoms with Gasteiger partial charge in [0.05, 0.1) is 11.4 Å². The van der Waals surface area contributed by atoms with E-state index in [4.69, 9.17) is 28.1 Å². The molecule has 7 heteroatoms. The maximum atomic E-state index is 6.39. The van der Waals surface area contributed by atoms with Crippen LogP contribution in [0.25, 0.3) is 0 Å². The smallest absolute Gasteiger partial charge is 0.211 e. The Labute approximate surface area is 158 Å². The van der Waals surface area contributed by atoms with Crippen molar-refractivity contribution < 1.29 is 0 Å². The standard InChI is InChI=1S/C18H20ClN5.ClH/c1-10-7-11(2)22-15-8-12(13-5-3-4-6-14(13)19)9-16(17(10)15)23-24-18(20)21;/h3-7,12H,8-9H2,1-2H3,(H4,20,21,24);1H/b23-16-;. The van der Waals surface area contributed by atoms with Crippen LogP contribution in [0.1, 0.15) is 40.4 Å². The van der Waals surface area contributed by atoms with Gasteiger partial charge in [0.2, 0.25) is 5.96 Å². The molecule has 0 amide bonds. The lowest BCUT2D eigenvalue weighted by Gasteiger charge is -2.27. The van der Waals surface area contributed by atoms with E-state index in [0.717, 1.165) is 51.7 Å². The number of guanidine groups is 1. The van der Waals surface area contributed by atoms with Crippen LogP contribution in [-0.4, -0.2) is 16.7 Å². The third-order valence-corrected chi connectivity index (χ3v) is 4.56. The number of aromatic nitrogens is 1. The van der Waals surface area contributed by atoms with Gasteiger partial charge in [-0.3, -0.25) is 4.98 Å². The van der Waals surface area contributed by atoms with E-state index in [2.05, 4.69) is 29.3 Å². The Bertz CT molecular complexity index is 841. The quantitative estimate of drug-likeness (QED) is 0.476. The van der Waals surface area contributed by atoms with Crippen LogP contribution in [0.4, 0.5) is 0 Å². The minimum Gasteiger partial charge on any atom is -0.369 e. The molecule has 1 aromatic heterocycles.